The highest BCUT2D eigenvalue weighted by Gasteiger charge is 2.34. The second kappa shape index (κ2) is 16.1. The van der Waals surface area contributed by atoms with Crippen molar-refractivity contribution in [3.63, 3.8) is 0 Å². The molecule has 0 aromatic heterocycles. The first-order valence-corrected chi connectivity index (χ1v) is 13.2. The van der Waals surface area contributed by atoms with Crippen LogP contribution in [0, 0.1) is 23.7 Å². The highest BCUT2D eigenvalue weighted by atomic mass is 16.4. The Hall–Kier alpha value is -3.02. The molecule has 0 saturated carbocycles. The number of nitrogens with two attached hydrogens (primary N) is 1. The number of Topliss-reactive ketones (excluding diaryl/α,β-unsaturated/α-hetero) is 1. The maximum absolute atomic E-state index is 13.0. The Morgan fingerprint density at radius 1 is 0.658 bits per heavy atom. The summed E-state index contributed by atoms with van der Waals surface area (Å²) >= 11 is 0. The second-order valence-electron chi connectivity index (χ2n) is 11.1. The molecule has 5 atom stereocenters. The van der Waals surface area contributed by atoms with Crippen molar-refractivity contribution in [1.29, 1.82) is 0 Å². The van der Waals surface area contributed by atoms with E-state index in [4.69, 9.17) is 5.73 Å². The summed E-state index contributed by atoms with van der Waals surface area (Å²) in [7, 11) is 0. The third-order valence-electron chi connectivity index (χ3n) is 6.09. The van der Waals surface area contributed by atoms with Crippen LogP contribution in [0.5, 0.6) is 0 Å². The lowest BCUT2D eigenvalue weighted by atomic mass is 9.99. The van der Waals surface area contributed by atoms with E-state index in [1.54, 1.807) is 48.5 Å². The molecule has 7 N–H and O–H groups in total. The lowest BCUT2D eigenvalue weighted by Gasteiger charge is -2.27. The Morgan fingerprint density at radius 3 is 1.55 bits per heavy atom. The van der Waals surface area contributed by atoms with Crippen LogP contribution in [-0.4, -0.2) is 70.7 Å². The molecule has 0 unspecified atom stereocenters. The van der Waals surface area contributed by atoms with Gasteiger partial charge in [-0.05, 0) is 36.5 Å². The third-order valence-corrected chi connectivity index (χ3v) is 6.09. The van der Waals surface area contributed by atoms with Gasteiger partial charge in [0.1, 0.15) is 18.1 Å². The lowest BCUT2D eigenvalue weighted by Crippen LogP contribution is -2.59. The number of carboxylic acid groups (broad SMARTS) is 1. The summed E-state index contributed by atoms with van der Waals surface area (Å²) in [5, 5.41) is 19.3. The van der Waals surface area contributed by atoms with Crippen LogP contribution in [0.2, 0.25) is 0 Å². The summed E-state index contributed by atoms with van der Waals surface area (Å²) in [6.45, 7) is 15.5. The molecule has 0 aromatic rings. The van der Waals surface area contributed by atoms with Crippen LogP contribution in [0.1, 0.15) is 75.2 Å². The lowest BCUT2D eigenvalue weighted by molar-refractivity contribution is -0.144. The van der Waals surface area contributed by atoms with Gasteiger partial charge in [0.25, 0.3) is 5.91 Å². The van der Waals surface area contributed by atoms with Crippen molar-refractivity contribution in [2.45, 2.75) is 105 Å². The van der Waals surface area contributed by atoms with E-state index in [1.807, 2.05) is 13.8 Å². The molecule has 0 fully saturated rings. The molecule has 0 aliphatic heterocycles. The summed E-state index contributed by atoms with van der Waals surface area (Å²) < 4.78 is 0. The van der Waals surface area contributed by atoms with E-state index >= 15 is 0 Å². The van der Waals surface area contributed by atoms with Gasteiger partial charge in [0.2, 0.25) is 23.5 Å². The Morgan fingerprint density at radius 2 is 1.16 bits per heavy atom. The molecular formula is C26H47N5O7. The smallest absolute Gasteiger partial charge is 0.326 e. The van der Waals surface area contributed by atoms with Crippen molar-refractivity contribution in [3.8, 4) is 0 Å². The number of hydrogen-bond donors (Lipinski definition) is 6. The molecule has 0 aliphatic carbocycles. The van der Waals surface area contributed by atoms with Crippen molar-refractivity contribution in [2.24, 2.45) is 29.4 Å². The average molecular weight is 542 g/mol. The zero-order chi connectivity index (χ0) is 29.9. The highest BCUT2D eigenvalue weighted by molar-refractivity contribution is 6.38. The molecule has 12 nitrogen and oxygen atoms in total. The molecule has 0 aromatic carbocycles. The summed E-state index contributed by atoms with van der Waals surface area (Å²) in [6.07, 6.45) is 0.244. The molecule has 0 saturated heterocycles. The molecule has 4 amide bonds. The SMILES string of the molecule is CC[C@@H](NC(=O)[C@@H](NC(=O)[C@@H](N)C(C)C)C(C)C)C(=O)C(=O)N[C@H](CC(C)C)C(=O)N[C@H](C(=O)O)C(C)C. The van der Waals surface area contributed by atoms with Crippen LogP contribution >= 0.6 is 0 Å². The van der Waals surface area contributed by atoms with Gasteiger partial charge in [-0.15, -0.1) is 0 Å². The molecule has 0 spiro atoms. The van der Waals surface area contributed by atoms with Crippen LogP contribution < -0.4 is 27.0 Å². The number of nitrogens with one attached hydrogen (secondary N) is 4. The normalized spacial score (nSPS) is 15.4. The minimum Gasteiger partial charge on any atom is -0.480 e. The molecule has 0 heterocycles. The number of carbonyl (C=O) groups is 6. The fourth-order valence-electron chi connectivity index (χ4n) is 3.56. The molecule has 38 heavy (non-hydrogen) atoms. The molecule has 218 valence electrons. The fourth-order valence-corrected chi connectivity index (χ4v) is 3.56. The number of aliphatic carboxylic acids is 1. The van der Waals surface area contributed by atoms with Crippen LogP contribution in [0.3, 0.4) is 0 Å². The standard InChI is InChI=1S/C26H47N5O7/c1-10-16(28-24(35)19(14(6)7)30-23(34)18(27)13(4)5)21(32)25(36)29-17(11-12(2)3)22(33)31-20(15(8)9)26(37)38/h12-20H,10-11,27H2,1-9H3,(H,28,35)(H,29,36)(H,30,34)(H,31,33)(H,37,38)/t16-,17-,18+,19+,20+/m1/s1. The zero-order valence-electron chi connectivity index (χ0n) is 24.1. The number of carbonyl (C=O) groups excluding carboxylic acids is 5. The van der Waals surface area contributed by atoms with E-state index in [-0.39, 0.29) is 30.6 Å². The van der Waals surface area contributed by atoms with Crippen molar-refractivity contribution >= 4 is 35.4 Å². The van der Waals surface area contributed by atoms with Crippen LogP contribution in [0.15, 0.2) is 0 Å². The van der Waals surface area contributed by atoms with Gasteiger partial charge in [0, 0.05) is 0 Å². The van der Waals surface area contributed by atoms with Gasteiger partial charge in [-0.1, -0.05) is 62.3 Å². The summed E-state index contributed by atoms with van der Waals surface area (Å²) in [4.78, 5) is 75.5. The topological polar surface area (TPSA) is 197 Å². The van der Waals surface area contributed by atoms with Crippen LogP contribution in [0.4, 0.5) is 0 Å². The molecule has 0 rings (SSSR count). The van der Waals surface area contributed by atoms with Gasteiger partial charge in [0.05, 0.1) is 12.1 Å². The molecule has 0 radical (unpaired) electrons. The van der Waals surface area contributed by atoms with E-state index in [9.17, 15) is 33.9 Å². The van der Waals surface area contributed by atoms with Gasteiger partial charge in [-0.2, -0.15) is 0 Å². The Labute approximate surface area is 225 Å². The highest BCUT2D eigenvalue weighted by Crippen LogP contribution is 2.10. The third kappa shape index (κ3) is 11.2. The number of hydrogen-bond acceptors (Lipinski definition) is 7. The van der Waals surface area contributed by atoms with E-state index in [1.165, 1.54) is 0 Å². The molecule has 0 bridgehead atoms. The largest absolute Gasteiger partial charge is 0.480 e. The predicted molar refractivity (Wildman–Crippen MR) is 143 cm³/mol. The number of carboxylic acids is 1. The van der Waals surface area contributed by atoms with Gasteiger partial charge in [-0.3, -0.25) is 24.0 Å². The second-order valence-corrected chi connectivity index (χ2v) is 11.1. The van der Waals surface area contributed by atoms with Gasteiger partial charge in [0.15, 0.2) is 0 Å². The maximum Gasteiger partial charge on any atom is 0.326 e. The summed E-state index contributed by atoms with van der Waals surface area (Å²) in [6, 6.07) is -5.33. The summed E-state index contributed by atoms with van der Waals surface area (Å²) in [5.74, 6) is -6.07. The Kier molecular flexibility index (Phi) is 14.8. The minimum atomic E-state index is -1.21. The average Bonchev–Trinajstić information content (AvgIpc) is 2.81. The van der Waals surface area contributed by atoms with Crippen molar-refractivity contribution in [3.05, 3.63) is 0 Å². The molecular weight excluding hydrogens is 494 g/mol. The van der Waals surface area contributed by atoms with Crippen molar-refractivity contribution in [1.82, 2.24) is 21.3 Å². The van der Waals surface area contributed by atoms with Crippen LogP contribution in [-0.2, 0) is 28.8 Å². The molecule has 12 heteroatoms. The van der Waals surface area contributed by atoms with E-state index in [0.29, 0.717) is 0 Å². The zero-order valence-corrected chi connectivity index (χ0v) is 24.1. The first-order valence-electron chi connectivity index (χ1n) is 13.2. The van der Waals surface area contributed by atoms with Gasteiger partial charge >= 0.3 is 5.97 Å². The first-order chi connectivity index (χ1) is 17.4. The first kappa shape index (κ1) is 35.0. The van der Waals surface area contributed by atoms with Crippen molar-refractivity contribution in [2.75, 3.05) is 0 Å². The van der Waals surface area contributed by atoms with E-state index in [0.717, 1.165) is 0 Å². The van der Waals surface area contributed by atoms with Gasteiger partial charge in [-0.25, -0.2) is 4.79 Å². The van der Waals surface area contributed by atoms with Gasteiger partial charge < -0.3 is 32.1 Å². The Bertz CT molecular complexity index is 857. The van der Waals surface area contributed by atoms with Crippen LogP contribution in [0.25, 0.3) is 0 Å². The number of rotatable bonds is 16. The molecule has 0 aliphatic rings. The maximum atomic E-state index is 13.0. The monoisotopic (exact) mass is 541 g/mol. The minimum absolute atomic E-state index is 0.0576. The van der Waals surface area contributed by atoms with Crippen molar-refractivity contribution < 1.29 is 33.9 Å². The predicted octanol–water partition coefficient (Wildman–Crippen LogP) is 0.331. The number of amides is 4. The quantitative estimate of drug-likeness (QED) is 0.150. The fraction of sp³-hybridized carbons (Fsp3) is 0.769. The summed E-state index contributed by atoms with van der Waals surface area (Å²) in [5.41, 5.74) is 5.88. The number of ketones is 1. The van der Waals surface area contributed by atoms with E-state index < -0.39 is 71.5 Å². The Balaban J connectivity index is 5.59. The van der Waals surface area contributed by atoms with E-state index in [2.05, 4.69) is 21.3 Å².